The van der Waals surface area contributed by atoms with Crippen LogP contribution in [0.4, 0.5) is 0 Å². The van der Waals surface area contributed by atoms with Crippen LogP contribution in [0.1, 0.15) is 23.7 Å². The molecule has 5 heteroatoms. The third-order valence-corrected chi connectivity index (χ3v) is 2.92. The van der Waals surface area contributed by atoms with E-state index in [-0.39, 0.29) is 11.8 Å². The summed E-state index contributed by atoms with van der Waals surface area (Å²) in [6.07, 6.45) is 0.358. The van der Waals surface area contributed by atoms with Gasteiger partial charge in [0.05, 0.1) is 19.1 Å². The molecule has 0 heterocycles. The molecule has 110 valence electrons. The van der Waals surface area contributed by atoms with Crippen molar-refractivity contribution in [2.24, 2.45) is 0 Å². The molecule has 0 bridgehead atoms. The zero-order valence-corrected chi connectivity index (χ0v) is 12.2. The number of ketones is 1. The zero-order valence-electron chi connectivity index (χ0n) is 12.2. The first kappa shape index (κ1) is 16.2. The predicted molar refractivity (Wildman–Crippen MR) is 76.1 cm³/mol. The number of hydrogen-bond acceptors (Lipinski definition) is 5. The molecule has 0 aliphatic heterocycles. The van der Waals surface area contributed by atoms with E-state index in [0.717, 1.165) is 0 Å². The minimum Gasteiger partial charge on any atom is -0.491 e. The monoisotopic (exact) mass is 279 g/mol. The molecule has 0 atom stereocenters. The lowest BCUT2D eigenvalue weighted by Crippen LogP contribution is -2.27. The van der Waals surface area contributed by atoms with Crippen molar-refractivity contribution >= 4 is 11.8 Å². The fourth-order valence-corrected chi connectivity index (χ4v) is 1.69. The molecule has 0 aromatic heterocycles. The average Bonchev–Trinajstić information content (AvgIpc) is 2.45. The van der Waals surface area contributed by atoms with Crippen molar-refractivity contribution in [2.45, 2.75) is 13.3 Å². The number of hydrogen-bond donors (Lipinski definition) is 0. The normalized spacial score (nSPS) is 10.4. The Hall–Kier alpha value is -1.88. The van der Waals surface area contributed by atoms with Gasteiger partial charge < -0.3 is 14.4 Å². The second-order valence-corrected chi connectivity index (χ2v) is 4.53. The first-order valence-electron chi connectivity index (χ1n) is 6.52. The maximum Gasteiger partial charge on any atom is 0.306 e. The number of methoxy groups -OCH3 is 1. The van der Waals surface area contributed by atoms with Crippen LogP contribution < -0.4 is 4.74 Å². The van der Waals surface area contributed by atoms with Crippen molar-refractivity contribution < 1.29 is 19.1 Å². The van der Waals surface area contributed by atoms with Crippen molar-refractivity contribution in [3.05, 3.63) is 29.8 Å². The number of Topliss-reactive ketones (excluding diaryl/α,β-unsaturated/α-hetero) is 1. The highest BCUT2D eigenvalue weighted by Crippen LogP contribution is 2.18. The molecule has 0 saturated heterocycles. The number of rotatable bonds is 8. The summed E-state index contributed by atoms with van der Waals surface area (Å²) in [5.41, 5.74) is 0.588. The smallest absolute Gasteiger partial charge is 0.306 e. The highest BCUT2D eigenvalue weighted by molar-refractivity contribution is 5.96. The van der Waals surface area contributed by atoms with E-state index in [1.165, 1.54) is 14.0 Å². The molecule has 0 saturated carbocycles. The highest BCUT2D eigenvalue weighted by atomic mass is 16.5. The van der Waals surface area contributed by atoms with Gasteiger partial charge in [-0.15, -0.1) is 0 Å². The standard InChI is InChI=1S/C15H21NO4/c1-12(17)13-6-4-5-7-14(13)20-11-10-16(2)9-8-15(18)19-3/h4-7H,8-11H2,1-3H3. The number of likely N-dealkylation sites (N-methyl/N-ethyl adjacent to an activating group) is 1. The Balaban J connectivity index is 2.37. The van der Waals surface area contributed by atoms with E-state index in [1.807, 2.05) is 24.1 Å². The van der Waals surface area contributed by atoms with Crippen molar-refractivity contribution in [3.63, 3.8) is 0 Å². The van der Waals surface area contributed by atoms with Gasteiger partial charge in [-0.1, -0.05) is 12.1 Å². The molecule has 20 heavy (non-hydrogen) atoms. The summed E-state index contributed by atoms with van der Waals surface area (Å²) in [7, 11) is 3.29. The summed E-state index contributed by atoms with van der Waals surface area (Å²) in [4.78, 5) is 24.4. The van der Waals surface area contributed by atoms with Gasteiger partial charge in [-0.2, -0.15) is 0 Å². The molecule has 0 N–H and O–H groups in total. The predicted octanol–water partition coefficient (Wildman–Crippen LogP) is 1.76. The molecule has 0 unspecified atom stereocenters. The largest absolute Gasteiger partial charge is 0.491 e. The quantitative estimate of drug-likeness (QED) is 0.536. The van der Waals surface area contributed by atoms with Gasteiger partial charge in [0, 0.05) is 13.1 Å². The van der Waals surface area contributed by atoms with Gasteiger partial charge in [0.1, 0.15) is 12.4 Å². The lowest BCUT2D eigenvalue weighted by atomic mass is 10.1. The molecule has 0 aliphatic rings. The fourth-order valence-electron chi connectivity index (χ4n) is 1.69. The van der Waals surface area contributed by atoms with E-state index in [9.17, 15) is 9.59 Å². The van der Waals surface area contributed by atoms with Crippen LogP contribution in [-0.4, -0.2) is 50.5 Å². The molecule has 1 rings (SSSR count). The lowest BCUT2D eigenvalue weighted by Gasteiger charge is -2.17. The zero-order chi connectivity index (χ0) is 15.0. The molecule has 0 radical (unpaired) electrons. The van der Waals surface area contributed by atoms with Crippen molar-refractivity contribution in [2.75, 3.05) is 33.9 Å². The topological polar surface area (TPSA) is 55.8 Å². The Morgan fingerprint density at radius 1 is 1.20 bits per heavy atom. The van der Waals surface area contributed by atoms with Crippen LogP contribution in [0.2, 0.25) is 0 Å². The number of nitrogens with zero attached hydrogens (tertiary/aromatic N) is 1. The number of esters is 1. The third kappa shape index (κ3) is 5.40. The molecule has 1 aromatic carbocycles. The maximum absolute atomic E-state index is 11.4. The molecular weight excluding hydrogens is 258 g/mol. The molecule has 0 aliphatic carbocycles. The van der Waals surface area contributed by atoms with Crippen LogP contribution in [0.15, 0.2) is 24.3 Å². The lowest BCUT2D eigenvalue weighted by molar-refractivity contribution is -0.140. The van der Waals surface area contributed by atoms with Gasteiger partial charge in [-0.3, -0.25) is 9.59 Å². The Labute approximate surface area is 119 Å². The van der Waals surface area contributed by atoms with E-state index in [2.05, 4.69) is 4.74 Å². The molecule has 5 nitrogen and oxygen atoms in total. The van der Waals surface area contributed by atoms with Gasteiger partial charge in [-0.25, -0.2) is 0 Å². The number of carbonyl (C=O) groups excluding carboxylic acids is 2. The van der Waals surface area contributed by atoms with Crippen molar-refractivity contribution in [3.8, 4) is 5.75 Å². The minimum atomic E-state index is -0.223. The van der Waals surface area contributed by atoms with E-state index >= 15 is 0 Å². The second-order valence-electron chi connectivity index (χ2n) is 4.53. The molecule has 1 aromatic rings. The molecule has 0 spiro atoms. The van der Waals surface area contributed by atoms with Crippen LogP contribution in [0.3, 0.4) is 0 Å². The van der Waals surface area contributed by atoms with Crippen LogP contribution in [0.5, 0.6) is 5.75 Å². The minimum absolute atomic E-state index is 0.0142. The number of benzene rings is 1. The van der Waals surface area contributed by atoms with Crippen LogP contribution in [-0.2, 0) is 9.53 Å². The Morgan fingerprint density at radius 2 is 1.90 bits per heavy atom. The third-order valence-electron chi connectivity index (χ3n) is 2.92. The van der Waals surface area contributed by atoms with Crippen LogP contribution in [0, 0.1) is 0 Å². The summed E-state index contributed by atoms with van der Waals surface area (Å²) in [6.45, 7) is 3.26. The Morgan fingerprint density at radius 3 is 2.55 bits per heavy atom. The first-order chi connectivity index (χ1) is 9.54. The Bertz CT molecular complexity index is 459. The van der Waals surface area contributed by atoms with E-state index in [1.54, 1.807) is 12.1 Å². The van der Waals surface area contributed by atoms with Gasteiger partial charge in [-0.05, 0) is 26.1 Å². The second kappa shape index (κ2) is 8.32. The van der Waals surface area contributed by atoms with Crippen molar-refractivity contribution in [1.29, 1.82) is 0 Å². The summed E-state index contributed by atoms with van der Waals surface area (Å²) >= 11 is 0. The summed E-state index contributed by atoms with van der Waals surface area (Å²) in [5.74, 6) is 0.362. The number of para-hydroxylation sites is 1. The summed E-state index contributed by atoms with van der Waals surface area (Å²) in [6, 6.07) is 7.18. The summed E-state index contributed by atoms with van der Waals surface area (Å²) in [5, 5.41) is 0. The van der Waals surface area contributed by atoms with Gasteiger partial charge >= 0.3 is 5.97 Å². The van der Waals surface area contributed by atoms with Crippen molar-refractivity contribution in [1.82, 2.24) is 4.90 Å². The van der Waals surface area contributed by atoms with E-state index < -0.39 is 0 Å². The Kier molecular flexibility index (Phi) is 6.73. The van der Waals surface area contributed by atoms with Gasteiger partial charge in [0.15, 0.2) is 5.78 Å². The number of carbonyl (C=O) groups is 2. The summed E-state index contributed by atoms with van der Waals surface area (Å²) < 4.78 is 10.2. The van der Waals surface area contributed by atoms with Gasteiger partial charge in [0.25, 0.3) is 0 Å². The van der Waals surface area contributed by atoms with E-state index in [4.69, 9.17) is 4.74 Å². The first-order valence-corrected chi connectivity index (χ1v) is 6.52. The SMILES string of the molecule is COC(=O)CCN(C)CCOc1ccccc1C(C)=O. The van der Waals surface area contributed by atoms with E-state index in [0.29, 0.717) is 37.4 Å². The van der Waals surface area contributed by atoms with Crippen LogP contribution in [0.25, 0.3) is 0 Å². The maximum atomic E-state index is 11.4. The average molecular weight is 279 g/mol. The number of ether oxygens (including phenoxy) is 2. The van der Waals surface area contributed by atoms with Crippen LogP contribution >= 0.6 is 0 Å². The van der Waals surface area contributed by atoms with Gasteiger partial charge in [0.2, 0.25) is 0 Å². The fraction of sp³-hybridized carbons (Fsp3) is 0.467. The molecule has 0 amide bonds. The highest BCUT2D eigenvalue weighted by Gasteiger charge is 2.08. The molecule has 0 fully saturated rings. The molecular formula is C15H21NO4.